The molecule has 3 aromatic rings. The Labute approximate surface area is 110 Å². The number of hydrogen-bond acceptors (Lipinski definition) is 2. The third kappa shape index (κ3) is 1.78. The van der Waals surface area contributed by atoms with Crippen LogP contribution in [0.25, 0.3) is 11.0 Å². The fourth-order valence-corrected chi connectivity index (χ4v) is 2.54. The number of nitrogens with one attached hydrogen (secondary N) is 1. The Hall–Kier alpha value is -1.81. The molecule has 1 aromatic carbocycles. The van der Waals surface area contributed by atoms with Gasteiger partial charge in [-0.2, -0.15) is 0 Å². The van der Waals surface area contributed by atoms with E-state index in [1.807, 2.05) is 31.2 Å². The van der Waals surface area contributed by atoms with E-state index in [1.165, 1.54) is 5.56 Å². The molecule has 0 amide bonds. The summed E-state index contributed by atoms with van der Waals surface area (Å²) in [5, 5.41) is 0. The van der Waals surface area contributed by atoms with Crippen LogP contribution in [0.2, 0.25) is 0 Å². The molecular weight excluding hydrogens is 244 g/mol. The van der Waals surface area contributed by atoms with Crippen molar-refractivity contribution < 1.29 is 4.42 Å². The number of nitrogens with zero attached hydrogens (tertiary/aromatic N) is 1. The quantitative estimate of drug-likeness (QED) is 0.706. The Morgan fingerprint density at radius 2 is 2.06 bits per heavy atom. The van der Waals surface area contributed by atoms with Crippen molar-refractivity contribution in [3.05, 3.63) is 52.2 Å². The number of fused-ring (bicyclic) bond motifs is 1. The topological polar surface area (TPSA) is 33.9 Å². The second-order valence-corrected chi connectivity index (χ2v) is 4.89. The van der Waals surface area contributed by atoms with E-state index < -0.39 is 0 Å². The Morgan fingerprint density at radius 1 is 1.22 bits per heavy atom. The summed E-state index contributed by atoms with van der Waals surface area (Å²) in [6, 6.07) is 10.1. The maximum Gasteiger partial charge on any atom is 0.178 e. The van der Waals surface area contributed by atoms with E-state index in [0.717, 1.165) is 27.3 Å². The van der Waals surface area contributed by atoms with Crippen molar-refractivity contribution in [3.63, 3.8) is 0 Å². The highest BCUT2D eigenvalue weighted by Crippen LogP contribution is 2.20. The Kier molecular flexibility index (Phi) is 2.59. The van der Waals surface area contributed by atoms with Gasteiger partial charge in [0.25, 0.3) is 0 Å². The van der Waals surface area contributed by atoms with E-state index in [9.17, 15) is 0 Å². The summed E-state index contributed by atoms with van der Waals surface area (Å²) in [7, 11) is 0. The van der Waals surface area contributed by atoms with Gasteiger partial charge < -0.3 is 14.0 Å². The van der Waals surface area contributed by atoms with Crippen molar-refractivity contribution in [3.8, 4) is 0 Å². The monoisotopic (exact) mass is 258 g/mol. The first-order chi connectivity index (χ1) is 8.65. The van der Waals surface area contributed by atoms with E-state index in [-0.39, 0.29) is 0 Å². The van der Waals surface area contributed by atoms with E-state index in [0.29, 0.717) is 6.54 Å². The molecule has 0 unspecified atom stereocenters. The Morgan fingerprint density at radius 3 is 2.78 bits per heavy atom. The standard InChI is InChI=1S/C14H14N2OS/c1-9-4-3-5-12-13(9)16(14(18)15-12)8-11-7-6-10(2)17-11/h3-7H,8H2,1-2H3,(H,15,18). The third-order valence-electron chi connectivity index (χ3n) is 3.10. The molecular formula is C14H14N2OS. The maximum absolute atomic E-state index is 5.62. The van der Waals surface area contributed by atoms with Crippen LogP contribution in [0.4, 0.5) is 0 Å². The number of hydrogen-bond donors (Lipinski definition) is 1. The van der Waals surface area contributed by atoms with Crippen LogP contribution in [-0.4, -0.2) is 9.55 Å². The van der Waals surface area contributed by atoms with E-state index in [2.05, 4.69) is 22.5 Å². The Bertz CT molecular complexity index is 764. The fourth-order valence-electron chi connectivity index (χ4n) is 2.28. The zero-order valence-corrected chi connectivity index (χ0v) is 11.2. The van der Waals surface area contributed by atoms with Gasteiger partial charge in [0.1, 0.15) is 11.5 Å². The van der Waals surface area contributed by atoms with Gasteiger partial charge in [0.2, 0.25) is 0 Å². The van der Waals surface area contributed by atoms with Gasteiger partial charge in [0.15, 0.2) is 4.77 Å². The van der Waals surface area contributed by atoms with Crippen molar-refractivity contribution in [1.82, 2.24) is 9.55 Å². The van der Waals surface area contributed by atoms with Crippen LogP contribution in [0, 0.1) is 18.6 Å². The van der Waals surface area contributed by atoms with Crippen molar-refractivity contribution in [2.75, 3.05) is 0 Å². The third-order valence-corrected chi connectivity index (χ3v) is 3.43. The van der Waals surface area contributed by atoms with E-state index >= 15 is 0 Å². The van der Waals surface area contributed by atoms with Gasteiger partial charge in [0.05, 0.1) is 17.6 Å². The predicted octanol–water partition coefficient (Wildman–Crippen LogP) is 3.96. The van der Waals surface area contributed by atoms with Crippen molar-refractivity contribution in [2.45, 2.75) is 20.4 Å². The van der Waals surface area contributed by atoms with Crippen molar-refractivity contribution >= 4 is 23.3 Å². The molecule has 0 fully saturated rings. The molecule has 2 aromatic heterocycles. The molecule has 1 N–H and O–H groups in total. The summed E-state index contributed by atoms with van der Waals surface area (Å²) >= 11 is 5.38. The van der Waals surface area contributed by atoms with Crippen molar-refractivity contribution in [1.29, 1.82) is 0 Å². The minimum Gasteiger partial charge on any atom is -0.464 e. The van der Waals surface area contributed by atoms with E-state index in [1.54, 1.807) is 0 Å². The average Bonchev–Trinajstić information content (AvgIpc) is 2.85. The number of aromatic nitrogens is 2. The molecule has 0 saturated carbocycles. The largest absolute Gasteiger partial charge is 0.464 e. The maximum atomic E-state index is 5.62. The zero-order chi connectivity index (χ0) is 12.7. The normalized spacial score (nSPS) is 11.2. The minimum absolute atomic E-state index is 0.664. The van der Waals surface area contributed by atoms with Gasteiger partial charge in [-0.1, -0.05) is 12.1 Å². The zero-order valence-electron chi connectivity index (χ0n) is 10.4. The molecule has 0 aliphatic carbocycles. The first kappa shape index (κ1) is 11.3. The van der Waals surface area contributed by atoms with Gasteiger partial charge in [-0.3, -0.25) is 0 Å². The average molecular weight is 258 g/mol. The second-order valence-electron chi connectivity index (χ2n) is 4.50. The summed E-state index contributed by atoms with van der Waals surface area (Å²) in [6.45, 7) is 4.70. The van der Waals surface area contributed by atoms with Gasteiger partial charge >= 0.3 is 0 Å². The highest BCUT2D eigenvalue weighted by molar-refractivity contribution is 7.71. The Balaban J connectivity index is 2.16. The molecule has 3 rings (SSSR count). The smallest absolute Gasteiger partial charge is 0.178 e. The number of aromatic amines is 1. The van der Waals surface area contributed by atoms with Crippen molar-refractivity contribution in [2.24, 2.45) is 0 Å². The number of H-pyrrole nitrogens is 1. The molecule has 18 heavy (non-hydrogen) atoms. The van der Waals surface area contributed by atoms with Crippen LogP contribution in [0.5, 0.6) is 0 Å². The lowest BCUT2D eigenvalue weighted by Crippen LogP contribution is -1.99. The van der Waals surface area contributed by atoms with Crippen LogP contribution in [0.15, 0.2) is 34.7 Å². The highest BCUT2D eigenvalue weighted by Gasteiger charge is 2.08. The number of rotatable bonds is 2. The summed E-state index contributed by atoms with van der Waals surface area (Å²) in [5.74, 6) is 1.85. The second kappa shape index (κ2) is 4.14. The van der Waals surface area contributed by atoms with Gasteiger partial charge in [-0.25, -0.2) is 0 Å². The van der Waals surface area contributed by atoms with Crippen LogP contribution in [0.1, 0.15) is 17.1 Å². The van der Waals surface area contributed by atoms with Gasteiger partial charge in [-0.05, 0) is 49.8 Å². The van der Waals surface area contributed by atoms with Gasteiger partial charge in [-0.15, -0.1) is 0 Å². The number of benzene rings is 1. The molecule has 92 valence electrons. The first-order valence-electron chi connectivity index (χ1n) is 5.88. The summed E-state index contributed by atoms with van der Waals surface area (Å²) in [6.07, 6.45) is 0. The molecule has 0 spiro atoms. The molecule has 0 aliphatic rings. The van der Waals surface area contributed by atoms with Crippen LogP contribution in [-0.2, 0) is 6.54 Å². The molecule has 2 heterocycles. The van der Waals surface area contributed by atoms with Crippen LogP contribution < -0.4 is 0 Å². The van der Waals surface area contributed by atoms with Crippen LogP contribution >= 0.6 is 12.2 Å². The molecule has 0 saturated heterocycles. The van der Waals surface area contributed by atoms with E-state index in [4.69, 9.17) is 16.6 Å². The SMILES string of the molecule is Cc1ccc(Cn2c(=S)[nH]c3cccc(C)c32)o1. The first-order valence-corrected chi connectivity index (χ1v) is 6.29. The summed E-state index contributed by atoms with van der Waals surface area (Å²) in [5.41, 5.74) is 3.43. The van der Waals surface area contributed by atoms with Gasteiger partial charge in [0, 0.05) is 0 Å². The summed E-state index contributed by atoms with van der Waals surface area (Å²) < 4.78 is 8.43. The molecule has 0 bridgehead atoms. The lowest BCUT2D eigenvalue weighted by Gasteiger charge is -2.04. The molecule has 4 heteroatoms. The molecule has 0 aliphatic heterocycles. The predicted molar refractivity (Wildman–Crippen MR) is 74.4 cm³/mol. The number of furan rings is 1. The molecule has 0 atom stereocenters. The minimum atomic E-state index is 0.664. The number of aryl methyl sites for hydroxylation is 2. The lowest BCUT2D eigenvalue weighted by atomic mass is 10.2. The lowest BCUT2D eigenvalue weighted by molar-refractivity contribution is 0.471. The molecule has 0 radical (unpaired) electrons. The highest BCUT2D eigenvalue weighted by atomic mass is 32.1. The number of para-hydroxylation sites is 1. The van der Waals surface area contributed by atoms with Crippen LogP contribution in [0.3, 0.4) is 0 Å². The number of imidazole rings is 1. The summed E-state index contributed by atoms with van der Waals surface area (Å²) in [4.78, 5) is 3.23. The molecule has 3 nitrogen and oxygen atoms in total. The fraction of sp³-hybridized carbons (Fsp3) is 0.214.